The maximum absolute atomic E-state index is 14.2. The number of urea groups is 1. The number of aliphatic imine (C=N–C) groups is 2. The number of methoxy groups -OCH3 is 2. The number of carbonyl (C=O) groups is 3. The first kappa shape index (κ1) is 43.1. The van der Waals surface area contributed by atoms with Crippen LogP contribution in [0, 0.1) is 5.41 Å². The Labute approximate surface area is 336 Å². The minimum atomic E-state index is -0.922. The quantitative estimate of drug-likeness (QED) is 0.162. The molecule has 0 saturated carbocycles. The average molecular weight is 792 g/mol. The number of esters is 1. The second-order valence-electron chi connectivity index (χ2n) is 16.3. The maximum Gasteiger partial charge on any atom is 0.324 e. The van der Waals surface area contributed by atoms with E-state index in [1.54, 1.807) is 39.2 Å². The lowest BCUT2D eigenvalue weighted by molar-refractivity contribution is -0.155. The standard InChI is InChI=1S/C42H61N7O6S/c1-12-28(36(43-13-2)26(4)53-10)37-30-22-41(5,6)25-55-39(51)31-16-15-19-49(46-31)38(50)32(45-40(52)47(9)24-42(7,8)54-11)21-35-44-33(23-56-35)27-17-18-34(29(30)20-27)48(37)14-3/h12-13,17-18,20,26,31-33,46H,1,14-16,19,21-25H2,2-11H3,(H,45,52)/b36-28+,43-13-/t26-,31-,32-,33?/m0/s1. The lowest BCUT2D eigenvalue weighted by Crippen LogP contribution is -2.61. The monoisotopic (exact) mass is 791 g/mol. The van der Waals surface area contributed by atoms with Crippen molar-refractivity contribution in [2.75, 3.05) is 46.7 Å². The molecular formula is C42H61N7O6S. The zero-order valence-corrected chi connectivity index (χ0v) is 35.7. The van der Waals surface area contributed by atoms with Crippen molar-refractivity contribution in [2.45, 2.75) is 111 Å². The normalized spacial score (nSPS) is 23.0. The molecule has 3 aliphatic rings. The van der Waals surface area contributed by atoms with E-state index in [0.717, 1.165) is 44.0 Å². The number of hydrazine groups is 1. The molecule has 1 aromatic carbocycles. The Bertz CT molecular complexity index is 1900. The van der Waals surface area contributed by atoms with Crippen molar-refractivity contribution in [3.8, 4) is 0 Å². The highest BCUT2D eigenvalue weighted by molar-refractivity contribution is 8.14. The van der Waals surface area contributed by atoms with Crippen LogP contribution < -0.4 is 10.7 Å². The number of allylic oxidation sites excluding steroid dienone is 2. The van der Waals surface area contributed by atoms with Crippen LogP contribution in [-0.4, -0.2) is 114 Å². The van der Waals surface area contributed by atoms with Gasteiger partial charge in [0.25, 0.3) is 5.91 Å². The number of thioether (sulfide) groups is 1. The van der Waals surface area contributed by atoms with Crippen molar-refractivity contribution in [1.29, 1.82) is 0 Å². The highest BCUT2D eigenvalue weighted by atomic mass is 32.2. The molecule has 2 N–H and O–H groups in total. The van der Waals surface area contributed by atoms with Gasteiger partial charge < -0.3 is 29.0 Å². The van der Waals surface area contributed by atoms with Gasteiger partial charge in [0.2, 0.25) is 0 Å². The summed E-state index contributed by atoms with van der Waals surface area (Å²) >= 11 is 1.60. The number of nitrogens with one attached hydrogen (secondary N) is 2. The van der Waals surface area contributed by atoms with Crippen LogP contribution >= 0.6 is 11.8 Å². The maximum atomic E-state index is 14.2. The number of fused-ring (bicyclic) bond motifs is 5. The summed E-state index contributed by atoms with van der Waals surface area (Å²) in [6, 6.07) is 4.36. The summed E-state index contributed by atoms with van der Waals surface area (Å²) in [5.41, 5.74) is 8.00. The summed E-state index contributed by atoms with van der Waals surface area (Å²) in [6.07, 6.45) is 5.28. The van der Waals surface area contributed by atoms with Crippen molar-refractivity contribution in [3.05, 3.63) is 53.4 Å². The molecule has 3 aliphatic heterocycles. The number of rotatable bonds is 10. The SMILES string of the molecule is C=C/C(=C(\N=C/C)[C@H](C)OC)c1c2c3cc(ccc3n1CC)C1CSC(=N1)C[C@H](NC(=O)N(C)CC(C)(C)OC)C(=O)N1CCC[C@H](N1)C(=O)OCC(C)(C)C2. The van der Waals surface area contributed by atoms with Crippen LogP contribution in [0.4, 0.5) is 4.79 Å². The fourth-order valence-corrected chi connectivity index (χ4v) is 8.78. The summed E-state index contributed by atoms with van der Waals surface area (Å²) in [5.74, 6) is -0.0512. The van der Waals surface area contributed by atoms with E-state index < -0.39 is 35.1 Å². The topological polar surface area (TPSA) is 139 Å². The van der Waals surface area contributed by atoms with Gasteiger partial charge in [-0.15, -0.1) is 11.8 Å². The van der Waals surface area contributed by atoms with E-state index in [0.29, 0.717) is 44.6 Å². The van der Waals surface area contributed by atoms with Gasteiger partial charge in [-0.2, -0.15) is 0 Å². The lowest BCUT2D eigenvalue weighted by atomic mass is 9.84. The number of hydrogen-bond acceptors (Lipinski definition) is 10. The molecule has 1 fully saturated rings. The number of carbonyl (C=O) groups excluding carboxylic acids is 3. The molecule has 1 aromatic heterocycles. The number of likely N-dealkylation sites (N-methyl/N-ethyl adjacent to an activating group) is 1. The van der Waals surface area contributed by atoms with Crippen molar-refractivity contribution in [2.24, 2.45) is 15.4 Å². The summed E-state index contributed by atoms with van der Waals surface area (Å²) in [7, 11) is 4.96. The van der Waals surface area contributed by atoms with Gasteiger partial charge in [0.15, 0.2) is 0 Å². The third-order valence-corrected chi connectivity index (χ3v) is 11.9. The Balaban J connectivity index is 1.64. The minimum Gasteiger partial charge on any atom is -0.464 e. The molecule has 4 atom stereocenters. The van der Waals surface area contributed by atoms with Crippen LogP contribution in [0.15, 0.2) is 46.5 Å². The third kappa shape index (κ3) is 9.58. The Morgan fingerprint density at radius 3 is 2.71 bits per heavy atom. The summed E-state index contributed by atoms with van der Waals surface area (Å²) in [5, 5.41) is 6.31. The number of benzene rings is 1. The van der Waals surface area contributed by atoms with E-state index in [2.05, 4.69) is 60.9 Å². The van der Waals surface area contributed by atoms with Crippen molar-refractivity contribution < 1.29 is 28.6 Å². The van der Waals surface area contributed by atoms with E-state index in [1.165, 1.54) is 9.91 Å². The Hall–Kier alpha value is -3.98. The van der Waals surface area contributed by atoms with Crippen LogP contribution in [0.25, 0.3) is 16.5 Å². The molecular weight excluding hydrogens is 731 g/mol. The summed E-state index contributed by atoms with van der Waals surface area (Å²) < 4.78 is 19.7. The zero-order chi connectivity index (χ0) is 40.9. The van der Waals surface area contributed by atoms with Gasteiger partial charge in [-0.25, -0.2) is 10.2 Å². The molecule has 14 heteroatoms. The highest BCUT2D eigenvalue weighted by Crippen LogP contribution is 2.41. The number of nitrogens with zero attached hydrogens (tertiary/aromatic N) is 5. The average Bonchev–Trinajstić information content (AvgIpc) is 3.77. The van der Waals surface area contributed by atoms with E-state index in [9.17, 15) is 14.4 Å². The van der Waals surface area contributed by atoms with Crippen LogP contribution in [-0.2, 0) is 36.8 Å². The number of amides is 3. The Kier molecular flexibility index (Phi) is 13.9. The molecule has 5 rings (SSSR count). The van der Waals surface area contributed by atoms with Crippen LogP contribution in [0.1, 0.15) is 90.6 Å². The second-order valence-corrected chi connectivity index (χ2v) is 17.3. The van der Waals surface area contributed by atoms with Crippen molar-refractivity contribution in [1.82, 2.24) is 25.2 Å². The van der Waals surface area contributed by atoms with Gasteiger partial charge in [-0.05, 0) is 77.1 Å². The Morgan fingerprint density at radius 2 is 2.05 bits per heavy atom. The number of ether oxygens (including phenoxy) is 3. The van der Waals surface area contributed by atoms with Gasteiger partial charge >= 0.3 is 12.0 Å². The second kappa shape index (κ2) is 18.1. The van der Waals surface area contributed by atoms with Crippen LogP contribution in [0.2, 0.25) is 0 Å². The Morgan fingerprint density at radius 1 is 1.30 bits per heavy atom. The predicted molar refractivity (Wildman–Crippen MR) is 225 cm³/mol. The number of hydrogen-bond donors (Lipinski definition) is 2. The van der Waals surface area contributed by atoms with Crippen molar-refractivity contribution in [3.63, 3.8) is 0 Å². The minimum absolute atomic E-state index is 0.147. The lowest BCUT2D eigenvalue weighted by Gasteiger charge is -2.36. The first-order valence-electron chi connectivity index (χ1n) is 19.6. The van der Waals surface area contributed by atoms with Gasteiger partial charge in [0.05, 0.1) is 47.3 Å². The van der Waals surface area contributed by atoms with Gasteiger partial charge in [0, 0.05) is 74.6 Å². The fraction of sp³-hybridized carbons (Fsp3) is 0.595. The summed E-state index contributed by atoms with van der Waals surface area (Å²) in [4.78, 5) is 53.0. The third-order valence-electron chi connectivity index (χ3n) is 10.8. The van der Waals surface area contributed by atoms with Gasteiger partial charge in [-0.3, -0.25) is 24.6 Å². The number of aromatic nitrogens is 1. The first-order valence-corrected chi connectivity index (χ1v) is 20.6. The molecule has 3 amide bonds. The molecule has 306 valence electrons. The largest absolute Gasteiger partial charge is 0.464 e. The van der Waals surface area contributed by atoms with Crippen LogP contribution in [0.5, 0.6) is 0 Å². The van der Waals surface area contributed by atoms with E-state index >= 15 is 0 Å². The highest BCUT2D eigenvalue weighted by Gasteiger charge is 2.37. The molecule has 0 spiro atoms. The number of cyclic esters (lactones) is 1. The first-order chi connectivity index (χ1) is 26.6. The van der Waals surface area contributed by atoms with Crippen molar-refractivity contribution >= 4 is 57.4 Å². The van der Waals surface area contributed by atoms with E-state index in [-0.39, 0.29) is 31.1 Å². The molecule has 0 radical (unpaired) electrons. The van der Waals surface area contributed by atoms with Crippen LogP contribution in [0.3, 0.4) is 0 Å². The molecule has 56 heavy (non-hydrogen) atoms. The molecule has 0 aliphatic carbocycles. The molecule has 1 unspecified atom stereocenters. The zero-order valence-electron chi connectivity index (χ0n) is 34.9. The van der Waals surface area contributed by atoms with Gasteiger partial charge in [0.1, 0.15) is 12.1 Å². The van der Waals surface area contributed by atoms with Gasteiger partial charge in [-0.1, -0.05) is 32.6 Å². The molecule has 1 saturated heterocycles. The van der Waals surface area contributed by atoms with E-state index in [1.807, 2.05) is 33.8 Å². The molecule has 2 aromatic rings. The molecule has 6 bridgehead atoms. The number of aryl methyl sites for hydroxylation is 1. The predicted octanol–water partition coefficient (Wildman–Crippen LogP) is 6.32. The molecule has 4 heterocycles. The smallest absolute Gasteiger partial charge is 0.324 e. The fourth-order valence-electron chi connectivity index (χ4n) is 7.68. The van der Waals surface area contributed by atoms with E-state index in [4.69, 9.17) is 24.2 Å². The summed E-state index contributed by atoms with van der Waals surface area (Å²) in [6.45, 7) is 19.8. The molecule has 13 nitrogen and oxygen atoms in total.